The Hall–Kier alpha value is -3.06. The standard InChI is InChI=1S/C22H21F2N3O2/c23-17-7-6-16(19(24)10-17)12-27(11-15-4-2-1-3-5-15)13-21-26-20(14-29-21)22(28)25-18-8-9-18/h1-7,10,14,18H,8-9,11-13H2,(H,25,28). The number of carbonyl (C=O) groups excluding carboxylic acids is 1. The van der Waals surface area contributed by atoms with Crippen molar-refractivity contribution in [3.63, 3.8) is 0 Å². The van der Waals surface area contributed by atoms with Crippen molar-refractivity contribution in [3.8, 4) is 0 Å². The number of rotatable bonds is 8. The molecule has 0 atom stereocenters. The normalized spacial score (nSPS) is 13.6. The molecular formula is C22H21F2N3O2. The zero-order chi connectivity index (χ0) is 20.2. The molecule has 0 unspecified atom stereocenters. The minimum Gasteiger partial charge on any atom is -0.447 e. The molecule has 29 heavy (non-hydrogen) atoms. The first-order valence-corrected chi connectivity index (χ1v) is 9.52. The summed E-state index contributed by atoms with van der Waals surface area (Å²) >= 11 is 0. The molecule has 7 heteroatoms. The van der Waals surface area contributed by atoms with Crippen LogP contribution in [0.3, 0.4) is 0 Å². The molecule has 2 aromatic carbocycles. The predicted octanol–water partition coefficient (Wildman–Crippen LogP) is 4.05. The van der Waals surface area contributed by atoms with Gasteiger partial charge in [-0.1, -0.05) is 36.4 Å². The lowest BCUT2D eigenvalue weighted by atomic mass is 10.1. The lowest BCUT2D eigenvalue weighted by Gasteiger charge is -2.21. The van der Waals surface area contributed by atoms with Crippen LogP contribution in [0.25, 0.3) is 0 Å². The van der Waals surface area contributed by atoms with Gasteiger partial charge in [0.15, 0.2) is 5.69 Å². The summed E-state index contributed by atoms with van der Waals surface area (Å²) < 4.78 is 32.9. The molecule has 1 aliphatic carbocycles. The SMILES string of the molecule is O=C(NC1CC1)c1coc(CN(Cc2ccccc2)Cc2ccc(F)cc2F)n1. The molecule has 150 valence electrons. The number of hydrogen-bond acceptors (Lipinski definition) is 4. The van der Waals surface area contributed by atoms with Gasteiger partial charge in [-0.05, 0) is 24.5 Å². The van der Waals surface area contributed by atoms with Gasteiger partial charge < -0.3 is 9.73 Å². The Bertz CT molecular complexity index is 987. The molecule has 1 N–H and O–H groups in total. The van der Waals surface area contributed by atoms with Crippen LogP contribution in [0.2, 0.25) is 0 Å². The van der Waals surface area contributed by atoms with E-state index in [-0.39, 0.29) is 30.7 Å². The van der Waals surface area contributed by atoms with Crippen LogP contribution in [-0.2, 0) is 19.6 Å². The van der Waals surface area contributed by atoms with Crippen molar-refractivity contribution in [1.82, 2.24) is 15.2 Å². The fourth-order valence-corrected chi connectivity index (χ4v) is 3.07. The van der Waals surface area contributed by atoms with Gasteiger partial charge in [-0.3, -0.25) is 9.69 Å². The minimum absolute atomic E-state index is 0.235. The van der Waals surface area contributed by atoms with E-state index in [9.17, 15) is 13.6 Å². The minimum atomic E-state index is -0.611. The summed E-state index contributed by atoms with van der Waals surface area (Å²) in [6, 6.07) is 13.5. The molecule has 1 heterocycles. The quantitative estimate of drug-likeness (QED) is 0.623. The van der Waals surface area contributed by atoms with Crippen molar-refractivity contribution < 1.29 is 18.0 Å². The molecule has 0 saturated heterocycles. The second kappa shape index (κ2) is 8.53. The topological polar surface area (TPSA) is 58.4 Å². The molecule has 1 amide bonds. The first-order chi connectivity index (χ1) is 14.1. The second-order valence-electron chi connectivity index (χ2n) is 7.24. The van der Waals surface area contributed by atoms with E-state index in [2.05, 4.69) is 10.3 Å². The summed E-state index contributed by atoms with van der Waals surface area (Å²) in [7, 11) is 0. The van der Waals surface area contributed by atoms with E-state index in [1.54, 1.807) is 0 Å². The molecule has 0 bridgehead atoms. The molecule has 1 aliphatic rings. The van der Waals surface area contributed by atoms with Crippen LogP contribution in [-0.4, -0.2) is 21.8 Å². The second-order valence-corrected chi connectivity index (χ2v) is 7.24. The predicted molar refractivity (Wildman–Crippen MR) is 103 cm³/mol. The van der Waals surface area contributed by atoms with E-state index in [4.69, 9.17) is 4.42 Å². The van der Waals surface area contributed by atoms with E-state index >= 15 is 0 Å². The number of halogens is 2. The van der Waals surface area contributed by atoms with Crippen LogP contribution in [0.4, 0.5) is 8.78 Å². The number of nitrogens with one attached hydrogen (secondary N) is 1. The van der Waals surface area contributed by atoms with Crippen molar-refractivity contribution in [1.29, 1.82) is 0 Å². The monoisotopic (exact) mass is 397 g/mol. The van der Waals surface area contributed by atoms with Gasteiger partial charge in [-0.15, -0.1) is 0 Å². The van der Waals surface area contributed by atoms with Crippen LogP contribution in [0, 0.1) is 11.6 Å². The summed E-state index contributed by atoms with van der Waals surface area (Å²) in [6.45, 7) is 1.04. The van der Waals surface area contributed by atoms with Crippen molar-refractivity contribution >= 4 is 5.91 Å². The van der Waals surface area contributed by atoms with Gasteiger partial charge in [0, 0.05) is 30.8 Å². The number of carbonyl (C=O) groups is 1. The maximum Gasteiger partial charge on any atom is 0.273 e. The van der Waals surface area contributed by atoms with Crippen molar-refractivity contribution in [3.05, 3.63) is 89.1 Å². The third-order valence-electron chi connectivity index (χ3n) is 4.71. The smallest absolute Gasteiger partial charge is 0.273 e. The fourth-order valence-electron chi connectivity index (χ4n) is 3.07. The third kappa shape index (κ3) is 5.26. The molecule has 5 nitrogen and oxygen atoms in total. The summed E-state index contributed by atoms with van der Waals surface area (Å²) in [4.78, 5) is 18.3. The number of nitrogens with zero attached hydrogens (tertiary/aromatic N) is 2. The van der Waals surface area contributed by atoms with Gasteiger partial charge in [-0.2, -0.15) is 0 Å². The highest BCUT2D eigenvalue weighted by Crippen LogP contribution is 2.20. The average molecular weight is 397 g/mol. The molecule has 0 radical (unpaired) electrons. The average Bonchev–Trinajstić information content (AvgIpc) is 3.39. The van der Waals surface area contributed by atoms with Crippen LogP contribution < -0.4 is 5.32 Å². The van der Waals surface area contributed by atoms with Gasteiger partial charge in [0.05, 0.1) is 6.54 Å². The zero-order valence-electron chi connectivity index (χ0n) is 15.8. The van der Waals surface area contributed by atoms with Gasteiger partial charge >= 0.3 is 0 Å². The highest BCUT2D eigenvalue weighted by atomic mass is 19.1. The molecule has 3 aromatic rings. The maximum absolute atomic E-state index is 14.2. The number of benzene rings is 2. The summed E-state index contributed by atoms with van der Waals surface area (Å²) in [6.07, 6.45) is 3.32. The van der Waals surface area contributed by atoms with E-state index < -0.39 is 11.6 Å². The van der Waals surface area contributed by atoms with Crippen molar-refractivity contribution in [2.75, 3.05) is 0 Å². The number of amides is 1. The van der Waals surface area contributed by atoms with E-state index in [1.165, 1.54) is 18.4 Å². The van der Waals surface area contributed by atoms with Crippen molar-refractivity contribution in [2.24, 2.45) is 0 Å². The lowest BCUT2D eigenvalue weighted by Crippen LogP contribution is -2.26. The van der Waals surface area contributed by atoms with Crippen LogP contribution >= 0.6 is 0 Å². The Morgan fingerprint density at radius 1 is 1.10 bits per heavy atom. The van der Waals surface area contributed by atoms with Gasteiger partial charge in [-0.25, -0.2) is 13.8 Å². The summed E-state index contributed by atoms with van der Waals surface area (Å²) in [5.74, 6) is -1.09. The first-order valence-electron chi connectivity index (χ1n) is 9.52. The van der Waals surface area contributed by atoms with Gasteiger partial charge in [0.1, 0.15) is 17.9 Å². The molecule has 1 fully saturated rings. The van der Waals surface area contributed by atoms with Crippen LogP contribution in [0.1, 0.15) is 40.3 Å². The van der Waals surface area contributed by atoms with Crippen LogP contribution in [0.15, 0.2) is 59.2 Å². The highest BCUT2D eigenvalue weighted by molar-refractivity contribution is 5.92. The van der Waals surface area contributed by atoms with Crippen LogP contribution in [0.5, 0.6) is 0 Å². The number of aromatic nitrogens is 1. The number of oxazole rings is 1. The molecular weight excluding hydrogens is 376 g/mol. The molecule has 0 aliphatic heterocycles. The third-order valence-corrected chi connectivity index (χ3v) is 4.71. The fraction of sp³-hybridized carbons (Fsp3) is 0.273. The largest absolute Gasteiger partial charge is 0.447 e. The summed E-state index contributed by atoms with van der Waals surface area (Å²) in [5, 5.41) is 2.87. The maximum atomic E-state index is 14.2. The first kappa shape index (κ1) is 19.3. The highest BCUT2D eigenvalue weighted by Gasteiger charge is 2.25. The van der Waals surface area contributed by atoms with Crippen molar-refractivity contribution in [2.45, 2.75) is 38.5 Å². The molecule has 1 aromatic heterocycles. The van der Waals surface area contributed by atoms with E-state index in [0.29, 0.717) is 18.0 Å². The lowest BCUT2D eigenvalue weighted by molar-refractivity contribution is 0.0946. The Balaban J connectivity index is 1.50. The van der Waals surface area contributed by atoms with E-state index in [1.807, 2.05) is 35.2 Å². The zero-order valence-corrected chi connectivity index (χ0v) is 15.8. The van der Waals surface area contributed by atoms with E-state index in [0.717, 1.165) is 24.5 Å². The van der Waals surface area contributed by atoms with Gasteiger partial charge in [0.25, 0.3) is 5.91 Å². The Morgan fingerprint density at radius 2 is 1.90 bits per heavy atom. The Labute approximate surface area is 167 Å². The Morgan fingerprint density at radius 3 is 2.62 bits per heavy atom. The summed E-state index contributed by atoms with van der Waals surface area (Å²) in [5.41, 5.74) is 1.65. The number of hydrogen-bond donors (Lipinski definition) is 1. The van der Waals surface area contributed by atoms with Gasteiger partial charge in [0.2, 0.25) is 5.89 Å². The molecule has 1 saturated carbocycles. The molecule has 0 spiro atoms. The Kier molecular flexibility index (Phi) is 5.67. The molecule has 4 rings (SSSR count).